The number of carbonyl (C=O) groups excluding carboxylic acids is 1. The van der Waals surface area contributed by atoms with Crippen LogP contribution in [0.15, 0.2) is 11.1 Å². The van der Waals surface area contributed by atoms with Crippen molar-refractivity contribution < 1.29 is 9.53 Å². The van der Waals surface area contributed by atoms with Gasteiger partial charge in [0.05, 0.1) is 11.7 Å². The number of ketones is 1. The Hall–Kier alpha value is -0.670. The van der Waals surface area contributed by atoms with Gasteiger partial charge < -0.3 is 9.64 Å². The van der Waals surface area contributed by atoms with Crippen LogP contribution >= 0.6 is 0 Å². The molecule has 32 heavy (non-hydrogen) atoms. The molecule has 0 bridgehead atoms. The van der Waals surface area contributed by atoms with E-state index in [0.717, 1.165) is 49.4 Å². The number of nitrogens with zero attached hydrogens (tertiary/aromatic N) is 1. The molecule has 0 amide bonds. The lowest BCUT2D eigenvalue weighted by molar-refractivity contribution is -0.129. The van der Waals surface area contributed by atoms with E-state index in [4.69, 9.17) is 4.74 Å². The van der Waals surface area contributed by atoms with E-state index in [9.17, 15) is 4.79 Å². The first-order valence-electron chi connectivity index (χ1n) is 13.8. The van der Waals surface area contributed by atoms with Crippen LogP contribution in [-0.4, -0.2) is 42.0 Å². The average Bonchev–Trinajstić information content (AvgIpc) is 3.19. The summed E-state index contributed by atoms with van der Waals surface area (Å²) in [4.78, 5) is 14.8. The number of carbonyl (C=O) groups is 1. The number of ether oxygens (including phenoxy) is 1. The van der Waals surface area contributed by atoms with Gasteiger partial charge >= 0.3 is 0 Å². The van der Waals surface area contributed by atoms with Crippen molar-refractivity contribution in [2.75, 3.05) is 13.6 Å². The predicted molar refractivity (Wildman–Crippen MR) is 128 cm³/mol. The fraction of sp³-hybridized carbons (Fsp3) is 0.897. The fourth-order valence-corrected chi connectivity index (χ4v) is 10.2. The molecule has 0 N–H and O–H groups in total. The number of rotatable bonds is 0. The molecule has 1 spiro atoms. The maximum Gasteiger partial charge on any atom is 0.133 e. The highest BCUT2D eigenvalue weighted by Crippen LogP contribution is 2.65. The molecule has 4 aliphatic carbocycles. The highest BCUT2D eigenvalue weighted by atomic mass is 16.5. The monoisotopic (exact) mass is 439 g/mol. The second-order valence-electron chi connectivity index (χ2n) is 13.4. The van der Waals surface area contributed by atoms with E-state index in [1.165, 1.54) is 45.1 Å². The quantitative estimate of drug-likeness (QED) is 0.432. The van der Waals surface area contributed by atoms with E-state index < -0.39 is 0 Å². The molecule has 0 aromatic carbocycles. The summed E-state index contributed by atoms with van der Waals surface area (Å²) in [7, 11) is 2.33. The third-order valence-corrected chi connectivity index (χ3v) is 11.8. The van der Waals surface area contributed by atoms with Crippen molar-refractivity contribution in [1.82, 2.24) is 4.90 Å². The minimum Gasteiger partial charge on any atom is -0.369 e. The molecule has 0 unspecified atom stereocenters. The third-order valence-electron chi connectivity index (χ3n) is 11.8. The molecule has 2 heterocycles. The lowest BCUT2D eigenvalue weighted by Crippen LogP contribution is -2.49. The standard InChI is InChI=1S/C29H45NO2/c1-17-12-26-27(30(5)16-17)19(3)29(32-26)11-9-22-23-7-6-20-13-21(31)8-10-28(20,4)25(23)14-24(22)18(2)15-29/h17,19-20,22-23,25-27H,6-16H2,1-5H3/t17-,19+,20+,22-,23-,25-,26+,27-,28-,29-/m0/s1. The second kappa shape index (κ2) is 7.41. The lowest BCUT2D eigenvalue weighted by Gasteiger charge is -2.52. The molecular weight excluding hydrogens is 394 g/mol. The molecule has 178 valence electrons. The van der Waals surface area contributed by atoms with Gasteiger partial charge in [-0.2, -0.15) is 0 Å². The van der Waals surface area contributed by atoms with E-state index in [1.54, 1.807) is 5.57 Å². The van der Waals surface area contributed by atoms with Crippen LogP contribution in [0.25, 0.3) is 0 Å². The highest BCUT2D eigenvalue weighted by molar-refractivity contribution is 5.79. The molecule has 0 aromatic rings. The van der Waals surface area contributed by atoms with Gasteiger partial charge in [0.1, 0.15) is 5.78 Å². The van der Waals surface area contributed by atoms with Gasteiger partial charge in [0, 0.05) is 31.3 Å². The van der Waals surface area contributed by atoms with E-state index in [1.807, 2.05) is 5.57 Å². The zero-order valence-electron chi connectivity index (χ0n) is 21.2. The van der Waals surface area contributed by atoms with Gasteiger partial charge in [0.25, 0.3) is 0 Å². The van der Waals surface area contributed by atoms with Crippen molar-refractivity contribution in [2.24, 2.45) is 40.9 Å². The number of likely N-dealkylation sites (tertiary alicyclic amines) is 1. The van der Waals surface area contributed by atoms with Crippen LogP contribution in [0.5, 0.6) is 0 Å². The maximum absolute atomic E-state index is 12.2. The third kappa shape index (κ3) is 3.02. The fourth-order valence-electron chi connectivity index (χ4n) is 10.2. The molecule has 3 heteroatoms. The van der Waals surface area contributed by atoms with Gasteiger partial charge in [-0.25, -0.2) is 0 Å². The van der Waals surface area contributed by atoms with Crippen LogP contribution < -0.4 is 0 Å². The maximum atomic E-state index is 12.2. The normalized spacial score (nSPS) is 53.6. The van der Waals surface area contributed by atoms with Crippen LogP contribution in [0.2, 0.25) is 0 Å². The van der Waals surface area contributed by atoms with Crippen LogP contribution in [0.3, 0.4) is 0 Å². The summed E-state index contributed by atoms with van der Waals surface area (Å²) in [5.74, 6) is 4.99. The Kier molecular flexibility index (Phi) is 5.06. The number of allylic oxidation sites excluding steroid dienone is 1. The Morgan fingerprint density at radius 3 is 2.72 bits per heavy atom. The SMILES string of the molecule is CC1=C2C[C@H]3[C@@H](CC[C@@H]4CC(=O)CC[C@@]43C)[C@@H]2CC[C@@]2(C1)O[C@@H]1C[C@H](C)CN(C)[C@H]1[C@H]2C. The molecule has 0 radical (unpaired) electrons. The van der Waals surface area contributed by atoms with E-state index in [2.05, 4.69) is 39.6 Å². The number of Topliss-reactive ketones (excluding diaryl/α,β-unsaturated/α-hetero) is 1. The zero-order valence-corrected chi connectivity index (χ0v) is 21.2. The van der Waals surface area contributed by atoms with Crippen LogP contribution in [0.4, 0.5) is 0 Å². The molecule has 2 saturated heterocycles. The molecule has 3 saturated carbocycles. The lowest BCUT2D eigenvalue weighted by atomic mass is 9.52. The predicted octanol–water partition coefficient (Wildman–Crippen LogP) is 6.02. The summed E-state index contributed by atoms with van der Waals surface area (Å²) >= 11 is 0. The molecular formula is C29H45NO2. The average molecular weight is 440 g/mol. The van der Waals surface area contributed by atoms with Gasteiger partial charge in [0.15, 0.2) is 0 Å². The van der Waals surface area contributed by atoms with E-state index in [-0.39, 0.29) is 5.60 Å². The number of likely N-dealkylation sites (N-methyl/N-ethyl adjacent to an activating group) is 1. The van der Waals surface area contributed by atoms with Crippen LogP contribution in [0, 0.1) is 40.9 Å². The van der Waals surface area contributed by atoms with Crippen molar-refractivity contribution >= 4 is 5.78 Å². The number of hydrogen-bond acceptors (Lipinski definition) is 3. The van der Waals surface area contributed by atoms with E-state index >= 15 is 0 Å². The highest BCUT2D eigenvalue weighted by Gasteiger charge is 2.59. The molecule has 2 aliphatic heterocycles. The van der Waals surface area contributed by atoms with Gasteiger partial charge in [-0.3, -0.25) is 4.79 Å². The molecule has 6 rings (SSSR count). The molecule has 10 atom stereocenters. The van der Waals surface area contributed by atoms with E-state index in [0.29, 0.717) is 35.2 Å². The summed E-state index contributed by atoms with van der Waals surface area (Å²) < 4.78 is 7.10. The Morgan fingerprint density at radius 1 is 1.09 bits per heavy atom. The summed E-state index contributed by atoms with van der Waals surface area (Å²) in [6, 6.07) is 0.601. The summed E-state index contributed by atoms with van der Waals surface area (Å²) in [6.07, 6.45) is 12.2. The van der Waals surface area contributed by atoms with Crippen LogP contribution in [-0.2, 0) is 9.53 Å². The Bertz CT molecular complexity index is 833. The minimum atomic E-state index is 0.0585. The van der Waals surface area contributed by atoms with Gasteiger partial charge in [-0.1, -0.05) is 31.9 Å². The second-order valence-corrected chi connectivity index (χ2v) is 13.4. The van der Waals surface area contributed by atoms with Crippen molar-refractivity contribution in [1.29, 1.82) is 0 Å². The van der Waals surface area contributed by atoms with Crippen molar-refractivity contribution in [3.05, 3.63) is 11.1 Å². The summed E-state index contributed by atoms with van der Waals surface area (Å²) in [5.41, 5.74) is 3.96. The summed E-state index contributed by atoms with van der Waals surface area (Å²) in [5, 5.41) is 0. The topological polar surface area (TPSA) is 29.5 Å². The first-order valence-corrected chi connectivity index (χ1v) is 13.8. The van der Waals surface area contributed by atoms with Gasteiger partial charge in [-0.05, 0) is 100 Å². The minimum absolute atomic E-state index is 0.0585. The Labute approximate surface area is 195 Å². The molecule has 0 aromatic heterocycles. The molecule has 3 nitrogen and oxygen atoms in total. The van der Waals surface area contributed by atoms with Gasteiger partial charge in [0.2, 0.25) is 0 Å². The smallest absolute Gasteiger partial charge is 0.133 e. The number of fused-ring (bicyclic) bond motifs is 6. The zero-order chi connectivity index (χ0) is 22.4. The summed E-state index contributed by atoms with van der Waals surface area (Å²) in [6.45, 7) is 11.1. The first kappa shape index (κ1) is 21.8. The van der Waals surface area contributed by atoms with Crippen LogP contribution in [0.1, 0.15) is 91.9 Å². The molecule has 5 fully saturated rings. The van der Waals surface area contributed by atoms with Crippen molar-refractivity contribution in [2.45, 2.75) is 110 Å². The van der Waals surface area contributed by atoms with Crippen molar-refractivity contribution in [3.63, 3.8) is 0 Å². The first-order chi connectivity index (χ1) is 15.2. The number of hydrogen-bond donors (Lipinski definition) is 0. The van der Waals surface area contributed by atoms with Gasteiger partial charge in [-0.15, -0.1) is 0 Å². The molecule has 6 aliphatic rings. The van der Waals surface area contributed by atoms with Crippen molar-refractivity contribution in [3.8, 4) is 0 Å². The largest absolute Gasteiger partial charge is 0.369 e. The number of piperidine rings is 1. The Morgan fingerprint density at radius 2 is 1.91 bits per heavy atom. The Balaban J connectivity index is 1.28.